The third-order valence-electron chi connectivity index (χ3n) is 6.08. The Morgan fingerprint density at radius 1 is 1.24 bits per heavy atom. The number of hydrogen-bond acceptors (Lipinski definition) is 5. The summed E-state index contributed by atoms with van der Waals surface area (Å²) in [5, 5.41) is 6.87. The lowest BCUT2D eigenvalue weighted by Gasteiger charge is -2.13. The van der Waals surface area contributed by atoms with E-state index in [0.717, 1.165) is 17.7 Å². The lowest BCUT2D eigenvalue weighted by Crippen LogP contribution is -2.26. The summed E-state index contributed by atoms with van der Waals surface area (Å²) in [4.78, 5) is 26.5. The van der Waals surface area contributed by atoms with E-state index in [4.69, 9.17) is 10.5 Å². The Balaban J connectivity index is 1.53. The monoisotopic (exact) mass is 459 g/mol. The van der Waals surface area contributed by atoms with Crippen LogP contribution in [0.25, 0.3) is 16.6 Å². The predicted octanol–water partition coefficient (Wildman–Crippen LogP) is 3.73. The molecular formula is C25H22FN5O3. The zero-order chi connectivity index (χ0) is 23.8. The molecule has 0 spiro atoms. The summed E-state index contributed by atoms with van der Waals surface area (Å²) in [5.41, 5.74) is 7.86. The molecule has 2 aromatic carbocycles. The van der Waals surface area contributed by atoms with Gasteiger partial charge in [-0.2, -0.15) is 5.10 Å². The van der Waals surface area contributed by atoms with E-state index in [1.807, 2.05) is 10.8 Å². The number of nitrogens with two attached hydrogens (primary N) is 1. The molecule has 8 nitrogen and oxygen atoms in total. The Kier molecular flexibility index (Phi) is 5.37. The van der Waals surface area contributed by atoms with Crippen LogP contribution in [0.4, 0.5) is 10.2 Å². The summed E-state index contributed by atoms with van der Waals surface area (Å²) in [5.74, 6) is 0.161. The molecule has 1 aliphatic heterocycles. The topological polar surface area (TPSA) is 106 Å². The molecule has 172 valence electrons. The summed E-state index contributed by atoms with van der Waals surface area (Å²) in [7, 11) is 0. The minimum atomic E-state index is -0.453. The Hall–Kier alpha value is -4.40. The molecule has 3 heterocycles. The number of nitrogen functional groups attached to an aromatic ring is 1. The van der Waals surface area contributed by atoms with Crippen LogP contribution in [0.1, 0.15) is 17.9 Å². The Labute approximate surface area is 194 Å². The largest absolute Gasteiger partial charge is 0.454 e. The molecule has 1 fully saturated rings. The number of carbonyl (C=O) groups excluding carboxylic acids is 1. The predicted molar refractivity (Wildman–Crippen MR) is 127 cm³/mol. The Bertz CT molecular complexity index is 1460. The number of H-pyrrole nitrogens is 1. The molecule has 0 saturated carbocycles. The molecular weight excluding hydrogens is 437 g/mol. The highest BCUT2D eigenvalue weighted by Crippen LogP contribution is 2.35. The van der Waals surface area contributed by atoms with Gasteiger partial charge in [0.05, 0.1) is 5.39 Å². The van der Waals surface area contributed by atoms with Crippen LogP contribution in [0.2, 0.25) is 0 Å². The zero-order valence-corrected chi connectivity index (χ0v) is 18.2. The summed E-state index contributed by atoms with van der Waals surface area (Å²) < 4.78 is 21.4. The number of nitrogens with zero attached hydrogens (tertiary/aromatic N) is 3. The van der Waals surface area contributed by atoms with E-state index in [0.29, 0.717) is 29.7 Å². The van der Waals surface area contributed by atoms with Crippen LogP contribution in [0.15, 0.2) is 72.2 Å². The maximum absolute atomic E-state index is 13.9. The fourth-order valence-electron chi connectivity index (χ4n) is 4.42. The smallest absolute Gasteiger partial charge is 0.274 e. The first-order valence-corrected chi connectivity index (χ1v) is 10.8. The summed E-state index contributed by atoms with van der Waals surface area (Å²) in [6, 6.07) is 13.2. The molecule has 5 rings (SSSR count). The van der Waals surface area contributed by atoms with Crippen LogP contribution in [-0.2, 0) is 4.79 Å². The van der Waals surface area contributed by atoms with E-state index in [9.17, 15) is 14.0 Å². The van der Waals surface area contributed by atoms with Gasteiger partial charge in [-0.1, -0.05) is 18.7 Å². The van der Waals surface area contributed by atoms with E-state index in [-0.39, 0.29) is 29.0 Å². The first kappa shape index (κ1) is 21.4. The van der Waals surface area contributed by atoms with Gasteiger partial charge in [0.15, 0.2) is 17.4 Å². The quantitative estimate of drug-likeness (QED) is 0.443. The standard InChI is InChI=1S/C25H22FN5O3/c1-2-21(32)30-12-11-15(13-30)18-14-31(23-22(18)25(33)29-28-24(23)27)16-7-9-17(10-8-16)34-20-6-4-3-5-19(20)26/h2-10,14-15H,1,11-13H2,(H2,27,28)(H,29,33). The van der Waals surface area contributed by atoms with Crippen molar-refractivity contribution >= 4 is 22.6 Å². The van der Waals surface area contributed by atoms with E-state index in [1.54, 1.807) is 47.4 Å². The number of nitrogens with one attached hydrogen (secondary N) is 1. The lowest BCUT2D eigenvalue weighted by molar-refractivity contribution is -0.125. The molecule has 0 radical (unpaired) electrons. The second-order valence-electron chi connectivity index (χ2n) is 8.12. The summed E-state index contributed by atoms with van der Waals surface area (Å²) in [6.45, 7) is 4.63. The van der Waals surface area contributed by atoms with Gasteiger partial charge in [-0.25, -0.2) is 9.49 Å². The minimum Gasteiger partial charge on any atom is -0.454 e. The third-order valence-corrected chi connectivity index (χ3v) is 6.08. The van der Waals surface area contributed by atoms with Crippen molar-refractivity contribution in [2.45, 2.75) is 12.3 Å². The highest BCUT2D eigenvalue weighted by Gasteiger charge is 2.30. The summed E-state index contributed by atoms with van der Waals surface area (Å²) >= 11 is 0. The molecule has 1 saturated heterocycles. The average molecular weight is 459 g/mol. The number of anilines is 1. The highest BCUT2D eigenvalue weighted by molar-refractivity contribution is 5.92. The van der Waals surface area contributed by atoms with Crippen molar-refractivity contribution in [1.29, 1.82) is 0 Å². The van der Waals surface area contributed by atoms with Gasteiger partial charge in [-0.05, 0) is 54.5 Å². The number of aromatic nitrogens is 3. The number of ether oxygens (including phenoxy) is 1. The van der Waals surface area contributed by atoms with Crippen LogP contribution < -0.4 is 16.0 Å². The molecule has 0 bridgehead atoms. The highest BCUT2D eigenvalue weighted by atomic mass is 19.1. The van der Waals surface area contributed by atoms with Gasteiger partial charge < -0.3 is 19.9 Å². The van der Waals surface area contributed by atoms with Crippen molar-refractivity contribution in [3.05, 3.63) is 89.1 Å². The molecule has 3 N–H and O–H groups in total. The van der Waals surface area contributed by atoms with Gasteiger partial charge >= 0.3 is 0 Å². The van der Waals surface area contributed by atoms with Crippen LogP contribution in [0.5, 0.6) is 11.5 Å². The van der Waals surface area contributed by atoms with Gasteiger partial charge in [-0.3, -0.25) is 9.59 Å². The molecule has 1 aliphatic rings. The van der Waals surface area contributed by atoms with Crippen molar-refractivity contribution in [1.82, 2.24) is 19.7 Å². The average Bonchev–Trinajstić information content (AvgIpc) is 3.49. The molecule has 1 amide bonds. The Morgan fingerprint density at radius 3 is 2.74 bits per heavy atom. The van der Waals surface area contributed by atoms with Gasteiger partial charge in [-0.15, -0.1) is 0 Å². The molecule has 1 unspecified atom stereocenters. The third kappa shape index (κ3) is 3.71. The van der Waals surface area contributed by atoms with Crippen LogP contribution in [0, 0.1) is 5.82 Å². The second-order valence-corrected chi connectivity index (χ2v) is 8.12. The van der Waals surface area contributed by atoms with E-state index >= 15 is 0 Å². The number of likely N-dealkylation sites (tertiary alicyclic amines) is 1. The van der Waals surface area contributed by atoms with Crippen molar-refractivity contribution in [2.24, 2.45) is 0 Å². The Morgan fingerprint density at radius 2 is 2.00 bits per heavy atom. The number of benzene rings is 2. The fraction of sp³-hybridized carbons (Fsp3) is 0.160. The van der Waals surface area contributed by atoms with Gasteiger partial charge in [0.1, 0.15) is 11.3 Å². The van der Waals surface area contributed by atoms with Crippen molar-refractivity contribution in [3.8, 4) is 17.2 Å². The number of hydrogen-bond donors (Lipinski definition) is 2. The number of aromatic amines is 1. The number of carbonyl (C=O) groups is 1. The molecule has 2 aromatic heterocycles. The maximum atomic E-state index is 13.9. The van der Waals surface area contributed by atoms with Crippen LogP contribution in [-0.4, -0.2) is 38.7 Å². The molecule has 34 heavy (non-hydrogen) atoms. The van der Waals surface area contributed by atoms with E-state index < -0.39 is 5.82 Å². The fourth-order valence-corrected chi connectivity index (χ4v) is 4.42. The van der Waals surface area contributed by atoms with Crippen molar-refractivity contribution in [2.75, 3.05) is 18.8 Å². The van der Waals surface area contributed by atoms with Crippen molar-refractivity contribution in [3.63, 3.8) is 0 Å². The zero-order valence-electron chi connectivity index (χ0n) is 18.2. The number of para-hydroxylation sites is 1. The minimum absolute atomic E-state index is 0.0285. The van der Waals surface area contributed by atoms with E-state index in [2.05, 4.69) is 16.8 Å². The number of amides is 1. The van der Waals surface area contributed by atoms with Gasteiger partial charge in [0.2, 0.25) is 5.91 Å². The maximum Gasteiger partial charge on any atom is 0.274 e. The van der Waals surface area contributed by atoms with Gasteiger partial charge in [0, 0.05) is 30.9 Å². The molecule has 0 aliphatic carbocycles. The van der Waals surface area contributed by atoms with Crippen LogP contribution >= 0.6 is 0 Å². The second kappa shape index (κ2) is 8.51. The normalized spacial score (nSPS) is 15.6. The van der Waals surface area contributed by atoms with E-state index in [1.165, 1.54) is 12.1 Å². The lowest BCUT2D eigenvalue weighted by atomic mass is 9.99. The van der Waals surface area contributed by atoms with Crippen molar-refractivity contribution < 1.29 is 13.9 Å². The number of halogens is 1. The summed E-state index contributed by atoms with van der Waals surface area (Å²) in [6.07, 6.45) is 3.89. The van der Waals surface area contributed by atoms with Crippen LogP contribution in [0.3, 0.4) is 0 Å². The van der Waals surface area contributed by atoms with Gasteiger partial charge in [0.25, 0.3) is 5.56 Å². The number of rotatable bonds is 5. The molecule has 4 aromatic rings. The SMILES string of the molecule is C=CC(=O)N1CCC(c2cn(-c3ccc(Oc4ccccc4F)cc3)c3c(N)n[nH]c(=O)c23)C1. The number of fused-ring (bicyclic) bond motifs is 1. The first-order valence-electron chi connectivity index (χ1n) is 10.8. The molecule has 1 atom stereocenters. The first-order chi connectivity index (χ1) is 16.5. The molecule has 9 heteroatoms.